The third-order valence-electron chi connectivity index (χ3n) is 3.82. The van der Waals surface area contributed by atoms with E-state index in [0.29, 0.717) is 22.0 Å². The van der Waals surface area contributed by atoms with E-state index in [2.05, 4.69) is 16.0 Å². The molecular weight excluding hydrogens is 342 g/mol. The molecular formula is C18H16ClN3O3. The third-order valence-corrected chi connectivity index (χ3v) is 4.05. The highest BCUT2D eigenvalue weighted by atomic mass is 35.5. The molecule has 0 saturated carbocycles. The van der Waals surface area contributed by atoms with Crippen LogP contribution < -0.4 is 16.0 Å². The lowest BCUT2D eigenvalue weighted by atomic mass is 10.1. The monoisotopic (exact) mass is 357 g/mol. The molecule has 0 aromatic heterocycles. The minimum absolute atomic E-state index is 0.0845. The molecule has 0 radical (unpaired) electrons. The molecule has 6 nitrogen and oxygen atoms in total. The fraction of sp³-hybridized carbons (Fsp3) is 0.167. The van der Waals surface area contributed by atoms with Gasteiger partial charge in [-0.2, -0.15) is 0 Å². The molecule has 0 unspecified atom stereocenters. The average molecular weight is 358 g/mol. The van der Waals surface area contributed by atoms with E-state index in [-0.39, 0.29) is 30.6 Å². The average Bonchev–Trinajstić information content (AvgIpc) is 2.70. The number of halogens is 1. The normalized spacial score (nSPS) is 16.3. The Morgan fingerprint density at radius 3 is 2.72 bits per heavy atom. The predicted molar refractivity (Wildman–Crippen MR) is 95.6 cm³/mol. The number of para-hydroxylation sites is 1. The smallest absolute Gasteiger partial charge is 0.254 e. The van der Waals surface area contributed by atoms with E-state index < -0.39 is 6.04 Å². The van der Waals surface area contributed by atoms with Crippen LogP contribution in [0.1, 0.15) is 23.2 Å². The van der Waals surface area contributed by atoms with Crippen molar-refractivity contribution in [3.05, 3.63) is 59.1 Å². The number of carbonyl (C=O) groups is 3. The molecule has 128 valence electrons. The maximum absolute atomic E-state index is 12.3. The Labute approximate surface area is 149 Å². The summed E-state index contributed by atoms with van der Waals surface area (Å²) in [5.41, 5.74) is 1.46. The zero-order chi connectivity index (χ0) is 17.8. The predicted octanol–water partition coefficient (Wildman–Crippen LogP) is 2.81. The van der Waals surface area contributed by atoms with E-state index in [1.54, 1.807) is 48.5 Å². The summed E-state index contributed by atoms with van der Waals surface area (Å²) >= 11 is 5.87. The van der Waals surface area contributed by atoms with Crippen molar-refractivity contribution < 1.29 is 14.4 Å². The first-order valence-electron chi connectivity index (χ1n) is 7.79. The Balaban J connectivity index is 1.61. The van der Waals surface area contributed by atoms with Crippen molar-refractivity contribution in [1.29, 1.82) is 0 Å². The van der Waals surface area contributed by atoms with Crippen LogP contribution in [0.15, 0.2) is 48.5 Å². The molecule has 1 heterocycles. The van der Waals surface area contributed by atoms with Gasteiger partial charge in [-0.3, -0.25) is 14.4 Å². The summed E-state index contributed by atoms with van der Waals surface area (Å²) in [7, 11) is 0. The van der Waals surface area contributed by atoms with Crippen molar-refractivity contribution >= 4 is 40.7 Å². The Morgan fingerprint density at radius 2 is 1.92 bits per heavy atom. The summed E-state index contributed by atoms with van der Waals surface area (Å²) in [6.07, 6.45) is 0.277. The molecule has 1 aliphatic heterocycles. The highest BCUT2D eigenvalue weighted by molar-refractivity contribution is 6.30. The van der Waals surface area contributed by atoms with E-state index >= 15 is 0 Å². The fourth-order valence-electron chi connectivity index (χ4n) is 2.58. The quantitative estimate of drug-likeness (QED) is 0.786. The van der Waals surface area contributed by atoms with E-state index in [0.717, 1.165) is 0 Å². The van der Waals surface area contributed by atoms with Gasteiger partial charge in [0.25, 0.3) is 5.91 Å². The Hall–Kier alpha value is -2.86. The number of rotatable bonds is 4. The molecule has 3 amide bonds. The first kappa shape index (κ1) is 17.0. The number of anilines is 2. The third kappa shape index (κ3) is 4.16. The van der Waals surface area contributed by atoms with Crippen LogP contribution in [0.25, 0.3) is 0 Å². The first-order valence-corrected chi connectivity index (χ1v) is 8.17. The van der Waals surface area contributed by atoms with Gasteiger partial charge in [-0.25, -0.2) is 0 Å². The van der Waals surface area contributed by atoms with Crippen LogP contribution in [0.5, 0.6) is 0 Å². The number of fused-ring (bicyclic) bond motifs is 1. The van der Waals surface area contributed by atoms with E-state index in [1.807, 2.05) is 0 Å². The molecule has 1 atom stereocenters. The van der Waals surface area contributed by atoms with Crippen LogP contribution in [0.4, 0.5) is 11.4 Å². The first-order chi connectivity index (χ1) is 12.0. The van der Waals surface area contributed by atoms with Crippen LogP contribution >= 0.6 is 11.6 Å². The van der Waals surface area contributed by atoms with Crippen LogP contribution in [0.3, 0.4) is 0 Å². The van der Waals surface area contributed by atoms with E-state index in [4.69, 9.17) is 11.6 Å². The van der Waals surface area contributed by atoms with Gasteiger partial charge in [0, 0.05) is 17.1 Å². The van der Waals surface area contributed by atoms with Gasteiger partial charge in [-0.15, -0.1) is 0 Å². The molecule has 0 fully saturated rings. The summed E-state index contributed by atoms with van der Waals surface area (Å²) in [5.74, 6) is -0.936. The van der Waals surface area contributed by atoms with Gasteiger partial charge in [-0.1, -0.05) is 29.8 Å². The molecule has 1 aliphatic rings. The molecule has 2 aromatic rings. The number of nitrogens with one attached hydrogen (secondary N) is 3. The van der Waals surface area contributed by atoms with Crippen molar-refractivity contribution in [2.24, 2.45) is 0 Å². The van der Waals surface area contributed by atoms with Crippen LogP contribution in [0.2, 0.25) is 5.02 Å². The summed E-state index contributed by atoms with van der Waals surface area (Å²) < 4.78 is 0. The number of amides is 3. The van der Waals surface area contributed by atoms with Gasteiger partial charge in [0.1, 0.15) is 6.04 Å². The lowest BCUT2D eigenvalue weighted by Crippen LogP contribution is -2.41. The van der Waals surface area contributed by atoms with Gasteiger partial charge in [0.05, 0.1) is 11.3 Å². The van der Waals surface area contributed by atoms with Gasteiger partial charge < -0.3 is 16.0 Å². The summed E-state index contributed by atoms with van der Waals surface area (Å²) in [4.78, 5) is 36.5. The van der Waals surface area contributed by atoms with E-state index in [1.165, 1.54) is 0 Å². The molecule has 0 spiro atoms. The van der Waals surface area contributed by atoms with Crippen LogP contribution in [-0.2, 0) is 9.59 Å². The van der Waals surface area contributed by atoms with Gasteiger partial charge >= 0.3 is 0 Å². The second-order valence-electron chi connectivity index (χ2n) is 5.66. The molecule has 0 saturated heterocycles. The topological polar surface area (TPSA) is 87.3 Å². The van der Waals surface area contributed by atoms with Crippen LogP contribution in [0, 0.1) is 0 Å². The standard InChI is InChI=1S/C18H16ClN3O3/c19-11-4-3-5-12(10-11)20-16(23)9-8-15-18(25)21-14-7-2-1-6-13(14)17(24)22-15/h1-7,10,15H,8-9H2,(H,20,23)(H,21,25)(H,22,24)/t15-/m0/s1. The lowest BCUT2D eigenvalue weighted by Gasteiger charge is -2.14. The van der Waals surface area contributed by atoms with Crippen molar-refractivity contribution in [1.82, 2.24) is 5.32 Å². The molecule has 25 heavy (non-hydrogen) atoms. The Kier molecular flexibility index (Phi) is 5.00. The summed E-state index contributed by atoms with van der Waals surface area (Å²) in [6.45, 7) is 0. The molecule has 0 aliphatic carbocycles. The minimum Gasteiger partial charge on any atom is -0.340 e. The largest absolute Gasteiger partial charge is 0.340 e. The number of hydrogen-bond acceptors (Lipinski definition) is 3. The maximum atomic E-state index is 12.3. The summed E-state index contributed by atoms with van der Waals surface area (Å²) in [6, 6.07) is 12.8. The second-order valence-corrected chi connectivity index (χ2v) is 6.09. The number of benzene rings is 2. The second kappa shape index (κ2) is 7.36. The highest BCUT2D eigenvalue weighted by Crippen LogP contribution is 2.20. The maximum Gasteiger partial charge on any atom is 0.254 e. The van der Waals surface area contributed by atoms with Gasteiger partial charge in [0.2, 0.25) is 11.8 Å². The molecule has 3 N–H and O–H groups in total. The van der Waals surface area contributed by atoms with Crippen LogP contribution in [-0.4, -0.2) is 23.8 Å². The van der Waals surface area contributed by atoms with Gasteiger partial charge in [-0.05, 0) is 36.8 Å². The molecule has 3 rings (SSSR count). The lowest BCUT2D eigenvalue weighted by molar-refractivity contribution is -0.118. The summed E-state index contributed by atoms with van der Waals surface area (Å²) in [5, 5.41) is 8.61. The van der Waals surface area contributed by atoms with Crippen molar-refractivity contribution in [2.45, 2.75) is 18.9 Å². The fourth-order valence-corrected chi connectivity index (χ4v) is 2.77. The molecule has 7 heteroatoms. The Bertz CT molecular complexity index is 838. The van der Waals surface area contributed by atoms with Gasteiger partial charge in [0.15, 0.2) is 0 Å². The number of carbonyl (C=O) groups excluding carboxylic acids is 3. The van der Waals surface area contributed by atoms with Crippen molar-refractivity contribution in [3.8, 4) is 0 Å². The van der Waals surface area contributed by atoms with E-state index in [9.17, 15) is 14.4 Å². The zero-order valence-electron chi connectivity index (χ0n) is 13.2. The minimum atomic E-state index is -0.773. The molecule has 0 bridgehead atoms. The number of hydrogen-bond donors (Lipinski definition) is 3. The highest BCUT2D eigenvalue weighted by Gasteiger charge is 2.27. The van der Waals surface area contributed by atoms with Crippen molar-refractivity contribution in [3.63, 3.8) is 0 Å². The Morgan fingerprint density at radius 1 is 1.12 bits per heavy atom. The SMILES string of the molecule is O=C(CC[C@@H]1NC(=O)c2ccccc2NC1=O)Nc1cccc(Cl)c1. The molecule has 2 aromatic carbocycles. The zero-order valence-corrected chi connectivity index (χ0v) is 14.0. The van der Waals surface area contributed by atoms with Crippen molar-refractivity contribution in [2.75, 3.05) is 10.6 Å².